The van der Waals surface area contributed by atoms with Crippen LogP contribution in [0.1, 0.15) is 0 Å². The Morgan fingerprint density at radius 3 is 2.60 bits per heavy atom. The maximum atomic E-state index is 12.3. The average Bonchev–Trinajstić information content (AvgIpc) is 2.82. The van der Waals surface area contributed by atoms with Gasteiger partial charge in [-0.15, -0.1) is 11.3 Å². The minimum absolute atomic E-state index is 0.0515. The zero-order valence-electron chi connectivity index (χ0n) is 10.2. The Morgan fingerprint density at radius 1 is 1.30 bits per heavy atom. The maximum Gasteiger partial charge on any atom is 0.252 e. The van der Waals surface area contributed by atoms with Gasteiger partial charge in [-0.1, -0.05) is 0 Å². The number of nitrogens with one attached hydrogen (secondary N) is 1. The molecule has 0 aliphatic carbocycles. The molecule has 1 N–H and O–H groups in total. The lowest BCUT2D eigenvalue weighted by atomic mass is 10.2. The first-order chi connectivity index (χ1) is 9.55. The fourth-order valence-electron chi connectivity index (χ4n) is 1.85. The molecule has 2 aromatic rings. The molecule has 3 heterocycles. The van der Waals surface area contributed by atoms with Crippen LogP contribution in [0.2, 0.25) is 0 Å². The van der Waals surface area contributed by atoms with Gasteiger partial charge in [-0.3, -0.25) is 0 Å². The quantitative estimate of drug-likeness (QED) is 0.882. The van der Waals surface area contributed by atoms with Gasteiger partial charge in [0.15, 0.2) is 0 Å². The molecule has 0 unspecified atom stereocenters. The third kappa shape index (κ3) is 2.71. The highest BCUT2D eigenvalue weighted by molar-refractivity contribution is 9.11. The van der Waals surface area contributed by atoms with Crippen molar-refractivity contribution in [2.45, 2.75) is 10.3 Å². The van der Waals surface area contributed by atoms with E-state index in [9.17, 15) is 8.42 Å². The van der Waals surface area contributed by atoms with Crippen molar-refractivity contribution in [2.75, 3.05) is 18.4 Å². The predicted octanol–water partition coefficient (Wildman–Crippen LogP) is 1.79. The van der Waals surface area contributed by atoms with Crippen LogP contribution in [-0.4, -0.2) is 41.8 Å². The van der Waals surface area contributed by atoms with E-state index in [1.807, 2.05) is 0 Å². The molecule has 1 aliphatic heterocycles. The molecule has 1 saturated heterocycles. The van der Waals surface area contributed by atoms with Crippen molar-refractivity contribution in [3.05, 3.63) is 34.4 Å². The van der Waals surface area contributed by atoms with Crippen molar-refractivity contribution in [2.24, 2.45) is 0 Å². The molecule has 1 fully saturated rings. The van der Waals surface area contributed by atoms with E-state index in [1.165, 1.54) is 15.6 Å². The maximum absolute atomic E-state index is 12.3. The van der Waals surface area contributed by atoms with Crippen LogP contribution >= 0.6 is 27.3 Å². The zero-order valence-corrected chi connectivity index (χ0v) is 13.4. The monoisotopic (exact) mass is 374 g/mol. The Bertz CT molecular complexity index is 698. The molecule has 0 amide bonds. The topological polar surface area (TPSA) is 75.2 Å². The lowest BCUT2D eigenvalue weighted by Gasteiger charge is -2.37. The van der Waals surface area contributed by atoms with Crippen molar-refractivity contribution >= 4 is 43.2 Å². The number of anilines is 1. The van der Waals surface area contributed by atoms with Gasteiger partial charge >= 0.3 is 0 Å². The van der Waals surface area contributed by atoms with Crippen molar-refractivity contribution < 1.29 is 8.42 Å². The Balaban J connectivity index is 1.63. The summed E-state index contributed by atoms with van der Waals surface area (Å²) in [4.78, 5) is 8.11. The second-order valence-electron chi connectivity index (χ2n) is 4.29. The first-order valence-corrected chi connectivity index (χ1v) is 8.90. The molecule has 0 spiro atoms. The zero-order chi connectivity index (χ0) is 14.2. The first kappa shape index (κ1) is 13.9. The Hall–Kier alpha value is -1.03. The van der Waals surface area contributed by atoms with E-state index in [0.29, 0.717) is 23.2 Å². The lowest BCUT2D eigenvalue weighted by molar-refractivity contribution is 0.280. The first-order valence-electron chi connectivity index (χ1n) is 5.85. The van der Waals surface area contributed by atoms with Crippen LogP contribution in [0, 0.1) is 0 Å². The molecule has 1 aliphatic rings. The summed E-state index contributed by atoms with van der Waals surface area (Å²) in [5.74, 6) is 0.522. The largest absolute Gasteiger partial charge is 0.349 e. The molecular formula is C11H11BrN4O2S2. The number of halogens is 1. The van der Waals surface area contributed by atoms with Crippen LogP contribution in [0.4, 0.5) is 5.95 Å². The van der Waals surface area contributed by atoms with Crippen molar-refractivity contribution in [1.82, 2.24) is 14.3 Å². The Morgan fingerprint density at radius 2 is 2.00 bits per heavy atom. The molecule has 6 nitrogen and oxygen atoms in total. The summed E-state index contributed by atoms with van der Waals surface area (Å²) in [5.41, 5.74) is 0. The van der Waals surface area contributed by atoms with Gasteiger partial charge in [-0.05, 0) is 34.1 Å². The number of hydrogen-bond acceptors (Lipinski definition) is 6. The van der Waals surface area contributed by atoms with Crippen LogP contribution in [0.3, 0.4) is 0 Å². The SMILES string of the molecule is O=S(=O)(c1ccc(Br)s1)N1CC(Nc2ncccn2)C1. The number of nitrogens with zero attached hydrogens (tertiary/aromatic N) is 3. The lowest BCUT2D eigenvalue weighted by Crippen LogP contribution is -2.56. The normalized spacial score (nSPS) is 16.9. The third-order valence-corrected chi connectivity index (χ3v) is 6.81. The van der Waals surface area contributed by atoms with E-state index in [1.54, 1.807) is 30.6 Å². The molecule has 3 rings (SSSR count). The number of rotatable bonds is 4. The summed E-state index contributed by atoms with van der Waals surface area (Å²) >= 11 is 4.50. The summed E-state index contributed by atoms with van der Waals surface area (Å²) in [6.45, 7) is 0.853. The number of aromatic nitrogens is 2. The summed E-state index contributed by atoms with van der Waals surface area (Å²) in [6.07, 6.45) is 3.29. The summed E-state index contributed by atoms with van der Waals surface area (Å²) in [5, 5.41) is 3.10. The minimum atomic E-state index is -3.37. The van der Waals surface area contributed by atoms with Gasteiger partial charge in [-0.2, -0.15) is 4.31 Å². The molecular weight excluding hydrogens is 364 g/mol. The highest BCUT2D eigenvalue weighted by Gasteiger charge is 2.37. The fraction of sp³-hybridized carbons (Fsp3) is 0.273. The molecule has 20 heavy (non-hydrogen) atoms. The summed E-state index contributed by atoms with van der Waals surface area (Å²) in [7, 11) is -3.37. The van der Waals surface area contributed by atoms with Crippen LogP contribution in [0.25, 0.3) is 0 Å². The van der Waals surface area contributed by atoms with Gasteiger partial charge in [0, 0.05) is 25.5 Å². The smallest absolute Gasteiger partial charge is 0.252 e. The highest BCUT2D eigenvalue weighted by Crippen LogP contribution is 2.30. The van der Waals surface area contributed by atoms with E-state index in [-0.39, 0.29) is 6.04 Å². The standard InChI is InChI=1S/C11H11BrN4O2S2/c12-9-2-3-10(19-9)20(17,18)16-6-8(7-16)15-11-13-4-1-5-14-11/h1-5,8H,6-7H2,(H,13,14,15). The summed E-state index contributed by atoms with van der Waals surface area (Å²) < 4.78 is 27.2. The van der Waals surface area contributed by atoms with Gasteiger partial charge < -0.3 is 5.32 Å². The van der Waals surface area contributed by atoms with Gasteiger partial charge in [-0.25, -0.2) is 18.4 Å². The number of sulfonamides is 1. The molecule has 0 aromatic carbocycles. The molecule has 2 aromatic heterocycles. The third-order valence-electron chi connectivity index (χ3n) is 2.89. The van der Waals surface area contributed by atoms with E-state index >= 15 is 0 Å². The van der Waals surface area contributed by atoms with Crippen LogP contribution < -0.4 is 5.32 Å². The predicted molar refractivity (Wildman–Crippen MR) is 80.2 cm³/mol. The van der Waals surface area contributed by atoms with Crippen LogP contribution in [-0.2, 0) is 10.0 Å². The van der Waals surface area contributed by atoms with Crippen molar-refractivity contribution in [3.63, 3.8) is 0 Å². The molecule has 0 bridgehead atoms. The molecule has 0 saturated carbocycles. The van der Waals surface area contributed by atoms with E-state index in [4.69, 9.17) is 0 Å². The second-order valence-corrected chi connectivity index (χ2v) is 8.92. The second kappa shape index (κ2) is 5.40. The average molecular weight is 375 g/mol. The van der Waals surface area contributed by atoms with Crippen molar-refractivity contribution in [3.8, 4) is 0 Å². The highest BCUT2D eigenvalue weighted by atomic mass is 79.9. The van der Waals surface area contributed by atoms with Gasteiger partial charge in [0.05, 0.1) is 9.83 Å². The van der Waals surface area contributed by atoms with Crippen LogP contribution in [0.5, 0.6) is 0 Å². The van der Waals surface area contributed by atoms with E-state index in [0.717, 1.165) is 3.79 Å². The number of hydrogen-bond donors (Lipinski definition) is 1. The van der Waals surface area contributed by atoms with Crippen LogP contribution in [0.15, 0.2) is 38.6 Å². The summed E-state index contributed by atoms with van der Waals surface area (Å²) in [6, 6.07) is 5.14. The molecule has 9 heteroatoms. The fourth-order valence-corrected chi connectivity index (χ4v) is 5.54. The van der Waals surface area contributed by atoms with E-state index < -0.39 is 10.0 Å². The molecule has 106 valence electrons. The van der Waals surface area contributed by atoms with Gasteiger partial charge in [0.25, 0.3) is 10.0 Å². The van der Waals surface area contributed by atoms with E-state index in [2.05, 4.69) is 31.2 Å². The Labute approximate surface area is 129 Å². The van der Waals surface area contributed by atoms with Crippen molar-refractivity contribution in [1.29, 1.82) is 0 Å². The van der Waals surface area contributed by atoms with Gasteiger partial charge in [0.2, 0.25) is 5.95 Å². The molecule has 0 radical (unpaired) electrons. The molecule has 0 atom stereocenters. The van der Waals surface area contributed by atoms with Gasteiger partial charge in [0.1, 0.15) is 4.21 Å². The number of thiophene rings is 1. The minimum Gasteiger partial charge on any atom is -0.349 e. The Kier molecular flexibility index (Phi) is 3.76.